The van der Waals surface area contributed by atoms with Crippen LogP contribution in [0.15, 0.2) is 29.4 Å². The average Bonchev–Trinajstić information content (AvgIpc) is 3.07. The molecule has 3 rings (SSSR count). The van der Waals surface area contributed by atoms with Gasteiger partial charge in [0.05, 0.1) is 33.8 Å². The highest BCUT2D eigenvalue weighted by Crippen LogP contribution is 2.30. The van der Waals surface area contributed by atoms with Crippen LogP contribution in [-0.4, -0.2) is 34.2 Å². The lowest BCUT2D eigenvalue weighted by Crippen LogP contribution is -2.12. The van der Waals surface area contributed by atoms with Crippen molar-refractivity contribution >= 4 is 36.1 Å². The summed E-state index contributed by atoms with van der Waals surface area (Å²) in [7, 11) is 1.17. The van der Waals surface area contributed by atoms with Crippen molar-refractivity contribution < 1.29 is 8.42 Å². The van der Waals surface area contributed by atoms with E-state index in [4.69, 9.17) is 11.6 Å². The minimum Gasteiger partial charge on any atom is -0.268 e. The van der Waals surface area contributed by atoms with Crippen LogP contribution in [0.1, 0.15) is 27.9 Å². The first-order valence-electron chi connectivity index (χ1n) is 8.35. The zero-order valence-electron chi connectivity index (χ0n) is 15.7. The van der Waals surface area contributed by atoms with Gasteiger partial charge in [0.15, 0.2) is 9.84 Å². The largest absolute Gasteiger partial charge is 0.268 e. The molecule has 0 radical (unpaired) electrons. The first-order valence-corrected chi connectivity index (χ1v) is 11.2. The van der Waals surface area contributed by atoms with Crippen molar-refractivity contribution in [2.24, 2.45) is 7.05 Å². The number of halogens is 1. The van der Waals surface area contributed by atoms with E-state index in [0.29, 0.717) is 23.6 Å². The number of hydrogen-bond donors (Lipinski definition) is 0. The van der Waals surface area contributed by atoms with Gasteiger partial charge in [-0.1, -0.05) is 26.9 Å². The normalized spacial score (nSPS) is 11.9. The maximum Gasteiger partial charge on any atom is 0.175 e. The van der Waals surface area contributed by atoms with Crippen LogP contribution in [0.3, 0.4) is 0 Å². The molecule has 2 heterocycles. The molecule has 144 valence electrons. The van der Waals surface area contributed by atoms with Crippen molar-refractivity contribution in [2.75, 3.05) is 6.26 Å². The molecule has 0 bridgehead atoms. The number of hydrogen-bond acceptors (Lipinski definition) is 4. The fraction of sp³-hybridized carbons (Fsp3) is 0.333. The van der Waals surface area contributed by atoms with Gasteiger partial charge in [0.25, 0.3) is 0 Å². The summed E-state index contributed by atoms with van der Waals surface area (Å²) in [6.45, 7) is 4.18. The van der Waals surface area contributed by atoms with E-state index in [2.05, 4.69) is 19.4 Å². The van der Waals surface area contributed by atoms with E-state index >= 15 is 0 Å². The SMILES string of the molecule is Cc1cnn(Cc2c(S(C)(=O)=O)ccc(Cc3c(C)nn(C)c3P)c2Cl)c1. The van der Waals surface area contributed by atoms with E-state index in [0.717, 1.165) is 27.8 Å². The second-order valence-electron chi connectivity index (χ2n) is 6.75. The third kappa shape index (κ3) is 4.10. The molecule has 0 aliphatic rings. The van der Waals surface area contributed by atoms with E-state index in [1.807, 2.05) is 31.8 Å². The Morgan fingerprint density at radius 1 is 1.22 bits per heavy atom. The van der Waals surface area contributed by atoms with Crippen molar-refractivity contribution in [3.63, 3.8) is 0 Å². The molecule has 1 unspecified atom stereocenters. The van der Waals surface area contributed by atoms with Crippen molar-refractivity contribution in [1.82, 2.24) is 19.6 Å². The maximum atomic E-state index is 12.3. The summed E-state index contributed by atoms with van der Waals surface area (Å²) in [5, 5.41) is 9.15. The van der Waals surface area contributed by atoms with Gasteiger partial charge in [-0.15, -0.1) is 0 Å². The van der Waals surface area contributed by atoms with Gasteiger partial charge >= 0.3 is 0 Å². The Labute approximate surface area is 166 Å². The lowest BCUT2D eigenvalue weighted by Gasteiger charge is -2.15. The van der Waals surface area contributed by atoms with Crippen molar-refractivity contribution in [2.45, 2.75) is 31.7 Å². The highest BCUT2D eigenvalue weighted by Gasteiger charge is 2.21. The molecule has 1 aromatic carbocycles. The predicted molar refractivity (Wildman–Crippen MR) is 111 cm³/mol. The Morgan fingerprint density at radius 3 is 2.44 bits per heavy atom. The summed E-state index contributed by atoms with van der Waals surface area (Å²) in [5.74, 6) is 0. The van der Waals surface area contributed by atoms with E-state index in [9.17, 15) is 8.42 Å². The summed E-state index contributed by atoms with van der Waals surface area (Å²) in [6, 6.07) is 3.42. The number of aryl methyl sites for hydroxylation is 3. The molecule has 0 aliphatic carbocycles. The molecule has 0 spiro atoms. The fourth-order valence-corrected chi connectivity index (χ4v) is 4.77. The molecule has 9 heteroatoms. The summed E-state index contributed by atoms with van der Waals surface area (Å²) in [5.41, 5.74) is 5.41. The number of sulfone groups is 1. The zero-order chi connectivity index (χ0) is 19.9. The molecule has 0 amide bonds. The van der Waals surface area contributed by atoms with Crippen LogP contribution in [-0.2, 0) is 29.9 Å². The Hall–Kier alpha value is -1.69. The van der Waals surface area contributed by atoms with Crippen molar-refractivity contribution in [3.8, 4) is 0 Å². The Morgan fingerprint density at radius 2 is 1.93 bits per heavy atom. The van der Waals surface area contributed by atoms with Crippen LogP contribution in [0, 0.1) is 13.8 Å². The minimum absolute atomic E-state index is 0.235. The van der Waals surface area contributed by atoms with Gasteiger partial charge in [-0.25, -0.2) is 8.42 Å². The molecule has 0 aliphatic heterocycles. The predicted octanol–water partition coefficient (Wildman–Crippen LogP) is 2.43. The van der Waals surface area contributed by atoms with Gasteiger partial charge in [-0.3, -0.25) is 9.36 Å². The highest BCUT2D eigenvalue weighted by atomic mass is 35.5. The molecular weight excluding hydrogens is 403 g/mol. The van der Waals surface area contributed by atoms with Gasteiger partial charge in [-0.2, -0.15) is 10.2 Å². The monoisotopic (exact) mass is 424 g/mol. The average molecular weight is 425 g/mol. The van der Waals surface area contributed by atoms with Gasteiger partial charge in [-0.05, 0) is 31.0 Å². The number of aromatic nitrogens is 4. The second-order valence-corrected chi connectivity index (χ2v) is 9.66. The molecule has 2 aromatic heterocycles. The topological polar surface area (TPSA) is 69.8 Å². The van der Waals surface area contributed by atoms with Crippen molar-refractivity contribution in [1.29, 1.82) is 0 Å². The lowest BCUT2D eigenvalue weighted by atomic mass is 10.0. The molecule has 3 aromatic rings. The Kier molecular flexibility index (Phi) is 5.48. The smallest absolute Gasteiger partial charge is 0.175 e. The van der Waals surface area contributed by atoms with E-state index in [1.165, 1.54) is 6.26 Å². The van der Waals surface area contributed by atoms with Gasteiger partial charge < -0.3 is 0 Å². The summed E-state index contributed by atoms with van der Waals surface area (Å²) in [4.78, 5) is 0.235. The standard InChI is InChI=1S/C18H22ClN4O2PS/c1-11-8-20-23(9-11)10-15-16(27(4,24)25)6-5-13(17(15)19)7-14-12(2)21-22(3)18(14)26/h5-6,8-9H,7,10,26H2,1-4H3. The molecule has 0 saturated heterocycles. The molecule has 1 atom stereocenters. The van der Waals surface area contributed by atoms with E-state index in [-0.39, 0.29) is 4.90 Å². The van der Waals surface area contributed by atoms with Gasteiger partial charge in [0.1, 0.15) is 0 Å². The van der Waals surface area contributed by atoms with Crippen LogP contribution in [0.4, 0.5) is 0 Å². The van der Waals surface area contributed by atoms with Crippen LogP contribution < -0.4 is 5.44 Å². The fourth-order valence-electron chi connectivity index (χ4n) is 3.13. The second kappa shape index (κ2) is 7.38. The summed E-state index contributed by atoms with van der Waals surface area (Å²) >= 11 is 6.70. The molecule has 0 N–H and O–H groups in total. The first kappa shape index (κ1) is 20.1. The van der Waals surface area contributed by atoms with Crippen LogP contribution in [0.25, 0.3) is 0 Å². The zero-order valence-corrected chi connectivity index (χ0v) is 18.4. The number of nitrogens with zero attached hydrogens (tertiary/aromatic N) is 4. The Balaban J connectivity index is 2.10. The summed E-state index contributed by atoms with van der Waals surface area (Å²) < 4.78 is 28.1. The summed E-state index contributed by atoms with van der Waals surface area (Å²) in [6.07, 6.45) is 5.37. The van der Waals surface area contributed by atoms with Crippen LogP contribution >= 0.6 is 20.8 Å². The number of rotatable bonds is 5. The van der Waals surface area contributed by atoms with Crippen LogP contribution in [0.2, 0.25) is 5.02 Å². The molecule has 6 nitrogen and oxygen atoms in total. The lowest BCUT2D eigenvalue weighted by molar-refractivity contribution is 0.598. The molecular formula is C18H22ClN4O2PS. The Bertz CT molecular complexity index is 1120. The minimum atomic E-state index is -3.42. The van der Waals surface area contributed by atoms with Gasteiger partial charge in [0, 0.05) is 37.0 Å². The quantitative estimate of drug-likeness (QED) is 0.590. The van der Waals surface area contributed by atoms with Gasteiger partial charge in [0.2, 0.25) is 0 Å². The van der Waals surface area contributed by atoms with E-state index < -0.39 is 9.84 Å². The molecule has 0 saturated carbocycles. The van der Waals surface area contributed by atoms with Crippen molar-refractivity contribution in [3.05, 3.63) is 57.5 Å². The first-order chi connectivity index (χ1) is 12.6. The molecule has 27 heavy (non-hydrogen) atoms. The highest BCUT2D eigenvalue weighted by molar-refractivity contribution is 7.90. The third-order valence-electron chi connectivity index (χ3n) is 4.52. The molecule has 0 fully saturated rings. The third-order valence-corrected chi connectivity index (χ3v) is 6.90. The van der Waals surface area contributed by atoms with Crippen LogP contribution in [0.5, 0.6) is 0 Å². The number of benzene rings is 1. The van der Waals surface area contributed by atoms with E-state index in [1.54, 1.807) is 23.0 Å². The maximum absolute atomic E-state index is 12.3.